The molecule has 2 aliphatic heterocycles. The van der Waals surface area contributed by atoms with Crippen molar-refractivity contribution >= 4 is 70.5 Å². The standard InChI is InChI=1S/C43H45ClN2O6S2/c1-42(2)37(45(25-9-27-53(47,48)49)35-21-17-29-11-5-7-13-33(29)39(35)42)23-19-31-15-16-32(41(31)44)20-24-38-43(3,4)40-34-14-8-6-12-30(34)18-22-36(40)46(38)26-10-28-54(50,51)52/h5-8,11-14,17-24H,9-10,15-16,25-28H2,1-4H3,(H-,47,48,49,50,51,52)/p+1. The molecule has 0 atom stereocenters. The number of fused-ring (bicyclic) bond motifs is 6. The lowest BCUT2D eigenvalue weighted by atomic mass is 9.79. The minimum Gasteiger partial charge on any atom is -0.344 e. The van der Waals surface area contributed by atoms with Gasteiger partial charge in [-0.05, 0) is 89.6 Å². The fourth-order valence-electron chi connectivity index (χ4n) is 8.73. The average Bonchev–Trinajstić information content (AvgIpc) is 3.64. The lowest BCUT2D eigenvalue weighted by molar-refractivity contribution is -0.437. The molecule has 0 saturated carbocycles. The van der Waals surface area contributed by atoms with E-state index in [1.54, 1.807) is 0 Å². The average molecular weight is 786 g/mol. The largest absolute Gasteiger partial charge is 0.344 e. The third-order valence-electron chi connectivity index (χ3n) is 11.2. The summed E-state index contributed by atoms with van der Waals surface area (Å²) in [5.74, 6) is -0.638. The van der Waals surface area contributed by atoms with E-state index in [1.165, 1.54) is 11.1 Å². The van der Waals surface area contributed by atoms with Gasteiger partial charge in [0.15, 0.2) is 5.71 Å². The highest BCUT2D eigenvalue weighted by atomic mass is 35.5. The highest BCUT2D eigenvalue weighted by Gasteiger charge is 2.46. The summed E-state index contributed by atoms with van der Waals surface area (Å²) in [4.78, 5) is 2.17. The number of hydrogen-bond donors (Lipinski definition) is 2. The van der Waals surface area contributed by atoms with Gasteiger partial charge in [0.05, 0.1) is 16.9 Å². The van der Waals surface area contributed by atoms with Crippen molar-refractivity contribution in [2.24, 2.45) is 0 Å². The second-order valence-electron chi connectivity index (χ2n) is 15.5. The van der Waals surface area contributed by atoms with Gasteiger partial charge in [0.1, 0.15) is 6.54 Å². The number of rotatable bonds is 11. The molecule has 8 nitrogen and oxygen atoms in total. The number of nitrogens with zero attached hydrogens (tertiary/aromatic N) is 2. The molecule has 0 aromatic heterocycles. The van der Waals surface area contributed by atoms with E-state index in [0.29, 0.717) is 18.1 Å². The Labute approximate surface area is 323 Å². The molecular weight excluding hydrogens is 740 g/mol. The van der Waals surface area contributed by atoms with Crippen molar-refractivity contribution in [3.05, 3.63) is 130 Å². The lowest BCUT2D eigenvalue weighted by Gasteiger charge is -2.27. The first-order chi connectivity index (χ1) is 25.5. The number of hydrogen-bond acceptors (Lipinski definition) is 5. The second-order valence-corrected chi connectivity index (χ2v) is 19.0. The van der Waals surface area contributed by atoms with Crippen LogP contribution in [-0.4, -0.2) is 60.8 Å². The molecule has 2 heterocycles. The Bertz CT molecular complexity index is 2580. The van der Waals surface area contributed by atoms with Gasteiger partial charge in [-0.2, -0.15) is 21.4 Å². The molecule has 0 amide bonds. The van der Waals surface area contributed by atoms with Gasteiger partial charge < -0.3 is 4.90 Å². The maximum atomic E-state index is 11.6. The normalized spacial score (nSPS) is 19.7. The van der Waals surface area contributed by atoms with Crippen LogP contribution in [0.5, 0.6) is 0 Å². The third kappa shape index (κ3) is 7.22. The summed E-state index contributed by atoms with van der Waals surface area (Å²) in [5.41, 5.74) is 7.69. The van der Waals surface area contributed by atoms with E-state index in [2.05, 4.69) is 110 Å². The van der Waals surface area contributed by atoms with Gasteiger partial charge >= 0.3 is 0 Å². The number of allylic oxidation sites excluding steroid dienone is 8. The number of halogens is 1. The zero-order valence-electron chi connectivity index (χ0n) is 31.0. The molecule has 0 radical (unpaired) electrons. The van der Waals surface area contributed by atoms with Gasteiger partial charge in [-0.1, -0.05) is 92.2 Å². The molecular formula is C43H46ClN2O6S2+. The predicted octanol–water partition coefficient (Wildman–Crippen LogP) is 9.38. The molecule has 11 heteroatoms. The minimum atomic E-state index is -4.10. The van der Waals surface area contributed by atoms with Crippen LogP contribution in [0.25, 0.3) is 21.5 Å². The summed E-state index contributed by atoms with van der Waals surface area (Å²) in [6, 6.07) is 25.0. The van der Waals surface area contributed by atoms with E-state index in [4.69, 9.17) is 11.6 Å². The SMILES string of the molecule is CC1(C)C(/C=C/C2=C(Cl)C(=C/C=C3/N(CCCS(=O)(=O)O)c4ccc5ccccc5c4C3(C)C)/CC2)=[N+](CCCS(=O)(=O)O)c2ccc3ccccc3c21. The van der Waals surface area contributed by atoms with Crippen molar-refractivity contribution in [1.82, 2.24) is 0 Å². The molecule has 282 valence electrons. The maximum Gasteiger partial charge on any atom is 0.265 e. The maximum absolute atomic E-state index is 11.6. The Balaban J connectivity index is 1.24. The summed E-state index contributed by atoms with van der Waals surface area (Å²) in [5, 5.41) is 5.26. The van der Waals surface area contributed by atoms with Crippen LogP contribution >= 0.6 is 11.6 Å². The van der Waals surface area contributed by atoms with Crippen LogP contribution < -0.4 is 4.90 Å². The molecule has 54 heavy (non-hydrogen) atoms. The fourth-order valence-corrected chi connectivity index (χ4v) is 10.0. The first-order valence-electron chi connectivity index (χ1n) is 18.3. The molecule has 0 unspecified atom stereocenters. The summed E-state index contributed by atoms with van der Waals surface area (Å²) in [7, 11) is -8.20. The van der Waals surface area contributed by atoms with E-state index in [1.807, 2.05) is 24.3 Å². The number of benzene rings is 4. The van der Waals surface area contributed by atoms with Gasteiger partial charge in [0, 0.05) is 52.5 Å². The minimum absolute atomic E-state index is 0.270. The topological polar surface area (TPSA) is 115 Å². The molecule has 0 bridgehead atoms. The quantitative estimate of drug-likeness (QED) is 0.115. The highest BCUT2D eigenvalue weighted by molar-refractivity contribution is 7.86. The van der Waals surface area contributed by atoms with Gasteiger partial charge in [0.25, 0.3) is 20.2 Å². The van der Waals surface area contributed by atoms with Gasteiger partial charge in [-0.3, -0.25) is 9.11 Å². The third-order valence-corrected chi connectivity index (χ3v) is 13.3. The van der Waals surface area contributed by atoms with Crippen LogP contribution in [0.1, 0.15) is 64.5 Å². The molecule has 0 saturated heterocycles. The van der Waals surface area contributed by atoms with E-state index in [0.717, 1.165) is 68.3 Å². The smallest absolute Gasteiger partial charge is 0.265 e. The molecule has 0 spiro atoms. The van der Waals surface area contributed by atoms with Crippen molar-refractivity contribution < 1.29 is 30.5 Å². The Morgan fingerprint density at radius 2 is 1.35 bits per heavy atom. The zero-order valence-corrected chi connectivity index (χ0v) is 33.4. The summed E-state index contributed by atoms with van der Waals surface area (Å²) in [6.45, 7) is 9.61. The van der Waals surface area contributed by atoms with E-state index in [9.17, 15) is 25.9 Å². The first-order valence-corrected chi connectivity index (χ1v) is 21.9. The molecule has 4 aromatic rings. The predicted molar refractivity (Wildman–Crippen MR) is 221 cm³/mol. The second kappa shape index (κ2) is 14.2. The van der Waals surface area contributed by atoms with Gasteiger partial charge in [0.2, 0.25) is 5.69 Å². The van der Waals surface area contributed by atoms with E-state index >= 15 is 0 Å². The summed E-state index contributed by atoms with van der Waals surface area (Å²) >= 11 is 7.14. The van der Waals surface area contributed by atoms with Crippen molar-refractivity contribution in [1.29, 1.82) is 0 Å². The van der Waals surface area contributed by atoms with Crippen molar-refractivity contribution in [2.75, 3.05) is 29.5 Å². The lowest BCUT2D eigenvalue weighted by Crippen LogP contribution is -2.28. The van der Waals surface area contributed by atoms with E-state index in [-0.39, 0.29) is 24.3 Å². The molecule has 7 rings (SSSR count). The van der Waals surface area contributed by atoms with Gasteiger partial charge in [-0.25, -0.2) is 0 Å². The Hall–Kier alpha value is -4.06. The monoisotopic (exact) mass is 785 g/mol. The summed E-state index contributed by atoms with van der Waals surface area (Å²) < 4.78 is 67.7. The molecule has 1 aliphatic carbocycles. The van der Waals surface area contributed by atoms with Crippen molar-refractivity contribution in [3.63, 3.8) is 0 Å². The van der Waals surface area contributed by atoms with Crippen LogP contribution in [0.15, 0.2) is 119 Å². The Kier molecular flexibility index (Phi) is 10.1. The summed E-state index contributed by atoms with van der Waals surface area (Å²) in [6.07, 6.45) is 10.4. The zero-order chi connectivity index (χ0) is 38.6. The number of anilines is 1. The highest BCUT2D eigenvalue weighted by Crippen LogP contribution is 2.51. The molecule has 3 aliphatic rings. The van der Waals surface area contributed by atoms with Crippen molar-refractivity contribution in [2.45, 2.75) is 64.2 Å². The van der Waals surface area contributed by atoms with Crippen LogP contribution in [-0.2, 0) is 31.1 Å². The van der Waals surface area contributed by atoms with Crippen LogP contribution in [0.3, 0.4) is 0 Å². The van der Waals surface area contributed by atoms with Crippen LogP contribution in [0.4, 0.5) is 11.4 Å². The van der Waals surface area contributed by atoms with Gasteiger partial charge in [-0.15, -0.1) is 0 Å². The molecule has 4 aromatic carbocycles. The fraction of sp³-hybridized carbons (Fsp3) is 0.326. The van der Waals surface area contributed by atoms with Crippen molar-refractivity contribution in [3.8, 4) is 0 Å². The Morgan fingerprint density at radius 1 is 0.741 bits per heavy atom. The first kappa shape index (κ1) is 38.2. The molecule has 0 fully saturated rings. The van der Waals surface area contributed by atoms with Crippen LogP contribution in [0.2, 0.25) is 0 Å². The Morgan fingerprint density at radius 3 is 2.02 bits per heavy atom. The van der Waals surface area contributed by atoms with Crippen LogP contribution in [0, 0.1) is 0 Å². The van der Waals surface area contributed by atoms with E-state index < -0.39 is 31.1 Å². The molecule has 2 N–H and O–H groups in total.